The van der Waals surface area contributed by atoms with Gasteiger partial charge in [-0.2, -0.15) is 0 Å². The molecule has 0 saturated heterocycles. The summed E-state index contributed by atoms with van der Waals surface area (Å²) in [4.78, 5) is 14.5. The lowest BCUT2D eigenvalue weighted by molar-refractivity contribution is -0.139. The fourth-order valence-electron chi connectivity index (χ4n) is 5.72. The summed E-state index contributed by atoms with van der Waals surface area (Å²) < 4.78 is 5.77. The molecule has 0 aliphatic carbocycles. The predicted molar refractivity (Wildman–Crippen MR) is 205 cm³/mol. The second kappa shape index (κ2) is 37.8. The van der Waals surface area contributed by atoms with Gasteiger partial charge in [-0.15, -0.1) is 0 Å². The molecule has 0 aromatic rings. The van der Waals surface area contributed by atoms with Gasteiger partial charge >= 0.3 is 5.97 Å². The van der Waals surface area contributed by atoms with Gasteiger partial charge in [0.1, 0.15) is 5.76 Å². The molecule has 0 aromatic heterocycles. The van der Waals surface area contributed by atoms with Crippen LogP contribution in [-0.4, -0.2) is 31.5 Å². The fraction of sp³-hybridized carbons (Fsp3) is 0.791. The Morgan fingerprint density at radius 1 is 0.500 bits per heavy atom. The molecule has 0 saturated carbocycles. The first-order valence-corrected chi connectivity index (χ1v) is 20.1. The first kappa shape index (κ1) is 44.4. The van der Waals surface area contributed by atoms with Crippen molar-refractivity contribution in [1.82, 2.24) is 4.90 Å². The maximum absolute atomic E-state index is 12.3. The molecule has 268 valence electrons. The minimum atomic E-state index is -0.0847. The molecule has 0 bridgehead atoms. The molecule has 46 heavy (non-hydrogen) atoms. The van der Waals surface area contributed by atoms with Crippen LogP contribution < -0.4 is 0 Å². The van der Waals surface area contributed by atoms with E-state index in [1.165, 1.54) is 148 Å². The number of rotatable bonds is 35. The minimum absolute atomic E-state index is 0.0847. The van der Waals surface area contributed by atoms with E-state index in [9.17, 15) is 4.79 Å². The third-order valence-corrected chi connectivity index (χ3v) is 8.72. The number of esters is 1. The van der Waals surface area contributed by atoms with Crippen molar-refractivity contribution in [3.05, 3.63) is 48.3 Å². The van der Waals surface area contributed by atoms with Crippen molar-refractivity contribution >= 4 is 5.97 Å². The van der Waals surface area contributed by atoms with Gasteiger partial charge < -0.3 is 9.64 Å². The first-order valence-electron chi connectivity index (χ1n) is 20.1. The summed E-state index contributed by atoms with van der Waals surface area (Å²) in [6.45, 7) is 5.42. The van der Waals surface area contributed by atoms with Gasteiger partial charge in [0.2, 0.25) is 0 Å². The van der Waals surface area contributed by atoms with Crippen molar-refractivity contribution in [1.29, 1.82) is 0 Å². The molecule has 3 heteroatoms. The number of ether oxygens (including phenoxy) is 1. The Hall–Kier alpha value is -1.61. The Kier molecular flexibility index (Phi) is 36.5. The van der Waals surface area contributed by atoms with E-state index in [-0.39, 0.29) is 5.97 Å². The first-order chi connectivity index (χ1) is 22.6. The zero-order chi connectivity index (χ0) is 33.6. The van der Waals surface area contributed by atoms with Crippen molar-refractivity contribution in [2.45, 2.75) is 200 Å². The predicted octanol–water partition coefficient (Wildman–Crippen LogP) is 14.0. The molecule has 0 heterocycles. The molecular weight excluding hydrogens is 562 g/mol. The monoisotopic (exact) mass is 642 g/mol. The molecule has 0 rings (SSSR count). The van der Waals surface area contributed by atoms with Gasteiger partial charge in [-0.25, -0.2) is 0 Å². The maximum atomic E-state index is 12.3. The molecule has 0 aliphatic rings. The number of carbonyl (C=O) groups is 1. The van der Waals surface area contributed by atoms with Crippen LogP contribution >= 0.6 is 0 Å². The van der Waals surface area contributed by atoms with Crippen LogP contribution in [0.25, 0.3) is 0 Å². The normalized spacial score (nSPS) is 12.5. The number of allylic oxidation sites excluding steroid dienone is 7. The van der Waals surface area contributed by atoms with E-state index in [0.29, 0.717) is 6.42 Å². The highest BCUT2D eigenvalue weighted by atomic mass is 16.5. The lowest BCUT2D eigenvalue weighted by atomic mass is 10.0. The summed E-state index contributed by atoms with van der Waals surface area (Å²) in [5.74, 6) is 0.764. The number of carbonyl (C=O) groups excluding carboxylic acids is 1. The molecule has 0 aliphatic heterocycles. The lowest BCUT2D eigenvalue weighted by Gasteiger charge is -2.10. The van der Waals surface area contributed by atoms with Gasteiger partial charge in [0, 0.05) is 12.8 Å². The second-order valence-corrected chi connectivity index (χ2v) is 13.8. The van der Waals surface area contributed by atoms with Crippen LogP contribution in [0.3, 0.4) is 0 Å². The van der Waals surface area contributed by atoms with Gasteiger partial charge in [-0.1, -0.05) is 159 Å². The summed E-state index contributed by atoms with van der Waals surface area (Å²) >= 11 is 0. The third-order valence-electron chi connectivity index (χ3n) is 8.72. The quantitative estimate of drug-likeness (QED) is 0.0298. The molecule has 0 fully saturated rings. The highest BCUT2D eigenvalue weighted by molar-refractivity contribution is 5.70. The van der Waals surface area contributed by atoms with E-state index in [1.54, 1.807) is 0 Å². The smallest absolute Gasteiger partial charge is 0.310 e. The summed E-state index contributed by atoms with van der Waals surface area (Å²) in [6, 6.07) is 0. The van der Waals surface area contributed by atoms with Crippen LogP contribution in [0.4, 0.5) is 0 Å². The Labute approximate surface area is 288 Å². The molecule has 0 unspecified atom stereocenters. The standard InChI is InChI=1S/C43H79NO2/c1-5-7-9-11-13-14-15-16-17-18-19-20-21-22-23-24-25-26-27-28-29-30-31-32-34-36-39-42(38-35-33-12-10-8-6-2)46-43(45)40-37-41-44(3)4/h13-14,16-17,33,35,39H,5-12,15,18-32,34,36-38,40-41H2,1-4H3/b14-13-,17-16-,35-33-,42-39-. The topological polar surface area (TPSA) is 29.5 Å². The van der Waals surface area contributed by atoms with Crippen molar-refractivity contribution in [2.24, 2.45) is 0 Å². The van der Waals surface area contributed by atoms with Gasteiger partial charge in [0.05, 0.1) is 0 Å². The zero-order valence-electron chi connectivity index (χ0n) is 31.5. The molecule has 0 radical (unpaired) electrons. The van der Waals surface area contributed by atoms with Crippen molar-refractivity contribution in [3.8, 4) is 0 Å². The van der Waals surface area contributed by atoms with Gasteiger partial charge in [-0.05, 0) is 90.9 Å². The van der Waals surface area contributed by atoms with Crippen LogP contribution in [-0.2, 0) is 9.53 Å². The van der Waals surface area contributed by atoms with E-state index < -0.39 is 0 Å². The van der Waals surface area contributed by atoms with Gasteiger partial charge in [0.25, 0.3) is 0 Å². The van der Waals surface area contributed by atoms with Crippen LogP contribution in [0.5, 0.6) is 0 Å². The number of hydrogen-bond donors (Lipinski definition) is 0. The minimum Gasteiger partial charge on any atom is -0.431 e. The molecule has 0 N–H and O–H groups in total. The van der Waals surface area contributed by atoms with Crippen molar-refractivity contribution in [3.63, 3.8) is 0 Å². The summed E-state index contributed by atoms with van der Waals surface area (Å²) in [5.41, 5.74) is 0. The van der Waals surface area contributed by atoms with Crippen LogP contribution in [0.1, 0.15) is 200 Å². The molecule has 3 nitrogen and oxygen atoms in total. The average Bonchev–Trinajstić information content (AvgIpc) is 3.04. The average molecular weight is 642 g/mol. The number of unbranched alkanes of at least 4 members (excludes halogenated alkanes) is 22. The molecule has 0 aromatic carbocycles. The Morgan fingerprint density at radius 2 is 0.913 bits per heavy atom. The third kappa shape index (κ3) is 36.9. The molecule has 0 amide bonds. The summed E-state index contributed by atoms with van der Waals surface area (Å²) in [7, 11) is 4.08. The summed E-state index contributed by atoms with van der Waals surface area (Å²) in [5, 5.41) is 0. The Bertz CT molecular complexity index is 748. The van der Waals surface area contributed by atoms with Crippen LogP contribution in [0.15, 0.2) is 48.3 Å². The van der Waals surface area contributed by atoms with E-state index >= 15 is 0 Å². The number of nitrogens with zero attached hydrogens (tertiary/aromatic N) is 1. The SMILES string of the molecule is CCCCC/C=C\C/C=C\CCCCCCCCCCCCCCCCC/C=C(/C/C=C\CCCCC)OC(=O)CCCN(C)C. The van der Waals surface area contributed by atoms with Crippen molar-refractivity contribution in [2.75, 3.05) is 20.6 Å². The van der Waals surface area contributed by atoms with Gasteiger partial charge in [-0.3, -0.25) is 4.79 Å². The van der Waals surface area contributed by atoms with Gasteiger partial charge in [0.15, 0.2) is 0 Å². The lowest BCUT2D eigenvalue weighted by Crippen LogP contribution is -2.15. The van der Waals surface area contributed by atoms with E-state index in [4.69, 9.17) is 4.74 Å². The molecule has 0 atom stereocenters. The Morgan fingerprint density at radius 3 is 1.37 bits per heavy atom. The maximum Gasteiger partial charge on any atom is 0.310 e. The van der Waals surface area contributed by atoms with E-state index in [0.717, 1.165) is 44.4 Å². The fourth-order valence-corrected chi connectivity index (χ4v) is 5.72. The molecule has 0 spiro atoms. The number of hydrogen-bond acceptors (Lipinski definition) is 3. The van der Waals surface area contributed by atoms with Crippen LogP contribution in [0, 0.1) is 0 Å². The highest BCUT2D eigenvalue weighted by Gasteiger charge is 2.07. The van der Waals surface area contributed by atoms with Crippen LogP contribution in [0.2, 0.25) is 0 Å². The highest BCUT2D eigenvalue weighted by Crippen LogP contribution is 2.16. The van der Waals surface area contributed by atoms with E-state index in [1.807, 2.05) is 14.1 Å². The second-order valence-electron chi connectivity index (χ2n) is 13.8. The zero-order valence-corrected chi connectivity index (χ0v) is 31.5. The van der Waals surface area contributed by atoms with E-state index in [2.05, 4.69) is 61.3 Å². The molecular formula is C43H79NO2. The van der Waals surface area contributed by atoms with Crippen molar-refractivity contribution < 1.29 is 9.53 Å². The largest absolute Gasteiger partial charge is 0.431 e. The Balaban J connectivity index is 3.72. The summed E-state index contributed by atoms with van der Waals surface area (Å²) in [6.07, 6.45) is 52.3.